The standard InChI is InChI=1S/C52H57N9O7S2/c1-26-29(4)70-51-43(26)44(56-39(22-42(63)64)47-59-58-30(5)61(47)51)33-13-11-32(12-14-33)35-17-18-41(53-23-35)68-38-19-36(20-38)48(65)57-46(52(6,7)8)50(67)60-24-37(62)21-40(60)49(66)55-27(2)31-9-15-34(16-10-31)45-28(3)54-25-69-45/h9-18,23,25,27,36-40,46,62H,19-22,24H2,1-8H3,(H,55,66)(H,57,65)(H,63,64)/t27-,36?,37+,38?,39-,40-,46+/m0/s1. The number of β-amino-alcohol motifs (C(OH)–C–C–N with tert-alkyl or cyclic N) is 1. The topological polar surface area (TPSA) is 214 Å². The molecule has 9 rings (SSSR count). The van der Waals surface area contributed by atoms with Gasteiger partial charge in [0.2, 0.25) is 23.6 Å². The van der Waals surface area contributed by atoms with E-state index >= 15 is 0 Å². The van der Waals surface area contributed by atoms with Crippen molar-refractivity contribution in [3.63, 3.8) is 0 Å². The molecule has 0 radical (unpaired) electrons. The first kappa shape index (κ1) is 48.4. The summed E-state index contributed by atoms with van der Waals surface area (Å²) >= 11 is 3.19. The molecule has 16 nitrogen and oxygen atoms in total. The van der Waals surface area contributed by atoms with Crippen molar-refractivity contribution in [2.24, 2.45) is 16.3 Å². The van der Waals surface area contributed by atoms with Crippen LogP contribution in [0.5, 0.6) is 5.88 Å². The van der Waals surface area contributed by atoms with Gasteiger partial charge in [0.1, 0.15) is 35.1 Å². The average molecular weight is 984 g/mol. The number of aliphatic imine (C=N–C) groups is 1. The number of aryl methyl sites for hydroxylation is 3. The van der Waals surface area contributed by atoms with Crippen molar-refractivity contribution in [1.82, 2.24) is 40.3 Å². The number of nitrogens with zero attached hydrogens (tertiary/aromatic N) is 7. The Balaban J connectivity index is 0.804. The minimum Gasteiger partial charge on any atom is -0.481 e. The highest BCUT2D eigenvalue weighted by atomic mass is 32.1. The van der Waals surface area contributed by atoms with Gasteiger partial charge in [0.15, 0.2) is 5.82 Å². The molecule has 2 aromatic carbocycles. The van der Waals surface area contributed by atoms with Crippen LogP contribution in [0.15, 0.2) is 77.4 Å². The zero-order valence-corrected chi connectivity index (χ0v) is 42.0. The molecule has 2 aliphatic heterocycles. The number of thiazole rings is 1. The molecule has 0 unspecified atom stereocenters. The molecule has 6 aromatic rings. The number of aliphatic hydroxyl groups excluding tert-OH is 1. The summed E-state index contributed by atoms with van der Waals surface area (Å²) in [5, 5.41) is 36.1. The molecule has 4 aromatic heterocycles. The molecule has 18 heteroatoms. The predicted octanol–water partition coefficient (Wildman–Crippen LogP) is 7.64. The number of ether oxygens (including phenoxy) is 1. The van der Waals surface area contributed by atoms with Gasteiger partial charge >= 0.3 is 5.97 Å². The number of hydrogen-bond donors (Lipinski definition) is 4. The number of carboxylic acids is 1. The number of pyridine rings is 1. The van der Waals surface area contributed by atoms with Crippen LogP contribution in [0.25, 0.3) is 26.6 Å². The Morgan fingerprint density at radius 2 is 1.54 bits per heavy atom. The zero-order valence-electron chi connectivity index (χ0n) is 40.4. The van der Waals surface area contributed by atoms with Crippen LogP contribution in [0.4, 0.5) is 0 Å². The van der Waals surface area contributed by atoms with Crippen molar-refractivity contribution in [2.75, 3.05) is 6.54 Å². The molecule has 1 aliphatic carbocycles. The number of nitrogens with one attached hydrogen (secondary N) is 2. The second-order valence-electron chi connectivity index (χ2n) is 19.7. The molecule has 0 spiro atoms. The maximum absolute atomic E-state index is 14.3. The molecule has 5 atom stereocenters. The summed E-state index contributed by atoms with van der Waals surface area (Å²) in [6.07, 6.45) is 1.37. The third kappa shape index (κ3) is 9.63. The molecule has 364 valence electrons. The van der Waals surface area contributed by atoms with Crippen LogP contribution < -0.4 is 15.4 Å². The summed E-state index contributed by atoms with van der Waals surface area (Å²) in [6.45, 7) is 15.4. The maximum atomic E-state index is 14.3. The van der Waals surface area contributed by atoms with Gasteiger partial charge in [-0.15, -0.1) is 32.9 Å². The predicted molar refractivity (Wildman–Crippen MR) is 267 cm³/mol. The summed E-state index contributed by atoms with van der Waals surface area (Å²) in [5.41, 5.74) is 9.39. The van der Waals surface area contributed by atoms with Crippen LogP contribution in [0.1, 0.15) is 110 Å². The van der Waals surface area contributed by atoms with E-state index in [1.807, 2.05) is 106 Å². The fourth-order valence-electron chi connectivity index (χ4n) is 9.45. The van der Waals surface area contributed by atoms with Crippen LogP contribution in [-0.4, -0.2) is 100 Å². The van der Waals surface area contributed by atoms with E-state index in [1.54, 1.807) is 34.9 Å². The summed E-state index contributed by atoms with van der Waals surface area (Å²) in [6, 6.07) is 16.7. The van der Waals surface area contributed by atoms with Crippen molar-refractivity contribution in [3.05, 3.63) is 117 Å². The van der Waals surface area contributed by atoms with E-state index < -0.39 is 41.5 Å². The molecule has 70 heavy (non-hydrogen) atoms. The number of aliphatic carboxylic acids is 1. The van der Waals surface area contributed by atoms with E-state index in [-0.39, 0.29) is 49.3 Å². The molecule has 6 heterocycles. The van der Waals surface area contributed by atoms with Crippen LogP contribution in [-0.2, 0) is 19.2 Å². The monoisotopic (exact) mass is 983 g/mol. The van der Waals surface area contributed by atoms with Crippen molar-refractivity contribution >= 4 is 52.1 Å². The summed E-state index contributed by atoms with van der Waals surface area (Å²) in [7, 11) is 0. The van der Waals surface area contributed by atoms with Gasteiger partial charge in [-0.25, -0.2) is 9.97 Å². The zero-order chi connectivity index (χ0) is 49.8. The summed E-state index contributed by atoms with van der Waals surface area (Å²) < 4.78 is 8.12. The van der Waals surface area contributed by atoms with E-state index in [0.29, 0.717) is 36.1 Å². The number of amides is 3. The van der Waals surface area contributed by atoms with Gasteiger partial charge in [0.25, 0.3) is 0 Å². The van der Waals surface area contributed by atoms with Crippen molar-refractivity contribution in [3.8, 4) is 32.4 Å². The molecular weight excluding hydrogens is 927 g/mol. The van der Waals surface area contributed by atoms with Gasteiger partial charge in [-0.1, -0.05) is 69.3 Å². The number of rotatable bonds is 13. The Morgan fingerprint density at radius 1 is 0.857 bits per heavy atom. The highest BCUT2D eigenvalue weighted by Crippen LogP contribution is 2.40. The molecule has 2 fully saturated rings. The minimum atomic E-state index is -0.972. The molecule has 4 N–H and O–H groups in total. The molecule has 3 amide bonds. The van der Waals surface area contributed by atoms with E-state index in [2.05, 4.69) is 44.6 Å². The van der Waals surface area contributed by atoms with E-state index in [9.17, 15) is 29.4 Å². The SMILES string of the molecule is Cc1ncsc1-c1ccc([C@H](C)NC(=O)[C@@H]2C[C@@H](O)CN2C(=O)[C@@H](NC(=O)C2CC(Oc3ccc(-c4ccc(C5=N[C@@H](CC(=O)O)c6nnc(C)n6-c6sc(C)c(C)c65)cc4)cn3)C2)C(C)(C)C)cc1. The molecule has 1 saturated carbocycles. The molecular formula is C52H57N9O7S2. The quantitative estimate of drug-likeness (QED) is 0.0883. The second kappa shape index (κ2) is 19.3. The highest BCUT2D eigenvalue weighted by molar-refractivity contribution is 7.15. The normalized spacial score (nSPS) is 20.6. The number of likely N-dealkylation sites (tertiary alicyclic amines) is 1. The van der Waals surface area contributed by atoms with Crippen LogP contribution in [0, 0.1) is 39.0 Å². The fourth-order valence-corrected chi connectivity index (χ4v) is 11.5. The number of aliphatic hydroxyl groups is 1. The Bertz CT molecular complexity index is 2980. The lowest BCUT2D eigenvalue weighted by atomic mass is 9.80. The van der Waals surface area contributed by atoms with Crippen molar-refractivity contribution in [2.45, 2.75) is 117 Å². The number of thiophene rings is 1. The number of carbonyl (C=O) groups is 4. The summed E-state index contributed by atoms with van der Waals surface area (Å²) in [5.74, 6) is -0.787. The van der Waals surface area contributed by atoms with Gasteiger partial charge in [-0.3, -0.25) is 28.7 Å². The third-order valence-corrected chi connectivity index (χ3v) is 15.8. The Hall–Kier alpha value is -6.63. The maximum Gasteiger partial charge on any atom is 0.306 e. The van der Waals surface area contributed by atoms with E-state index in [1.165, 1.54) is 4.90 Å². The molecule has 1 saturated heterocycles. The Morgan fingerprint density at radius 3 is 2.19 bits per heavy atom. The highest BCUT2D eigenvalue weighted by Gasteiger charge is 2.46. The number of carbonyl (C=O) groups excluding carboxylic acids is 3. The largest absolute Gasteiger partial charge is 0.481 e. The van der Waals surface area contributed by atoms with Crippen LogP contribution >= 0.6 is 22.7 Å². The Kier molecular flexibility index (Phi) is 13.3. The first-order valence-electron chi connectivity index (χ1n) is 23.5. The third-order valence-electron chi connectivity index (χ3n) is 13.6. The van der Waals surface area contributed by atoms with Gasteiger partial charge in [0, 0.05) is 52.7 Å². The number of aromatic nitrogens is 5. The van der Waals surface area contributed by atoms with E-state index in [0.717, 1.165) is 59.4 Å². The van der Waals surface area contributed by atoms with Crippen LogP contribution in [0.2, 0.25) is 0 Å². The second-order valence-corrected chi connectivity index (χ2v) is 21.7. The lowest BCUT2D eigenvalue weighted by Crippen LogP contribution is -2.59. The van der Waals surface area contributed by atoms with Gasteiger partial charge in [0.05, 0.1) is 40.4 Å². The summed E-state index contributed by atoms with van der Waals surface area (Å²) in [4.78, 5) is 71.3. The smallest absolute Gasteiger partial charge is 0.306 e. The lowest BCUT2D eigenvalue weighted by Gasteiger charge is -2.39. The fraction of sp³-hybridized carbons (Fsp3) is 0.404. The number of carboxylic acid groups (broad SMARTS) is 1. The average Bonchev–Trinajstić information content (AvgIpc) is 4.08. The van der Waals surface area contributed by atoms with Crippen LogP contribution in [0.3, 0.4) is 0 Å². The minimum absolute atomic E-state index is 0.0128. The van der Waals surface area contributed by atoms with Crippen molar-refractivity contribution < 1.29 is 34.1 Å². The number of hydrogen-bond acceptors (Lipinski definition) is 13. The van der Waals surface area contributed by atoms with Gasteiger partial charge < -0.3 is 30.5 Å². The first-order chi connectivity index (χ1) is 33.3. The Labute approximate surface area is 414 Å². The number of benzene rings is 2. The molecule has 3 aliphatic rings. The van der Waals surface area contributed by atoms with E-state index in [4.69, 9.17) is 9.73 Å². The van der Waals surface area contributed by atoms with Gasteiger partial charge in [-0.2, -0.15) is 0 Å². The van der Waals surface area contributed by atoms with Gasteiger partial charge in [-0.05, 0) is 81.2 Å². The lowest BCUT2D eigenvalue weighted by molar-refractivity contribution is -0.145. The molecule has 0 bridgehead atoms. The number of fused-ring (bicyclic) bond motifs is 3. The first-order valence-corrected chi connectivity index (χ1v) is 25.2. The van der Waals surface area contributed by atoms with Crippen molar-refractivity contribution in [1.29, 1.82) is 0 Å².